The predicted octanol–water partition coefficient (Wildman–Crippen LogP) is 14.8. The van der Waals surface area contributed by atoms with Gasteiger partial charge in [0.05, 0.1) is 11.4 Å². The van der Waals surface area contributed by atoms with Gasteiger partial charge in [0.2, 0.25) is 0 Å². The monoisotopic (exact) mass is 740 g/mol. The van der Waals surface area contributed by atoms with E-state index in [-0.39, 0.29) is 5.41 Å². The minimum absolute atomic E-state index is 0.123. The molecule has 0 spiro atoms. The van der Waals surface area contributed by atoms with Gasteiger partial charge in [0.25, 0.3) is 0 Å². The standard InChI is InChI=1S/C55H36N2O/c1-55(2)46-24-12-22-42(51(46)45-30-35-17-6-7-18-36(35)31-47(45)55)40-28-29-41(39-21-11-10-20-38(39)40)48-32-49(57-54(56-48)34-15-4-3-5-16-34)43-23-13-25-50-52(43)44-27-26-33-14-8-9-19-37(33)53(44)58-50/h3-32H,1-2H3. The third-order valence-electron chi connectivity index (χ3n) is 12.5. The summed E-state index contributed by atoms with van der Waals surface area (Å²) in [5.74, 6) is 0.684. The van der Waals surface area contributed by atoms with Crippen molar-refractivity contribution in [3.63, 3.8) is 0 Å². The van der Waals surface area contributed by atoms with Gasteiger partial charge in [0, 0.05) is 38.3 Å². The molecule has 0 amide bonds. The maximum atomic E-state index is 6.61. The summed E-state index contributed by atoms with van der Waals surface area (Å²) in [6.07, 6.45) is 0. The number of rotatable bonds is 4. The molecule has 0 saturated carbocycles. The Labute approximate surface area is 335 Å². The number of hydrogen-bond acceptors (Lipinski definition) is 3. The molecule has 1 aliphatic carbocycles. The Balaban J connectivity index is 1.08. The van der Waals surface area contributed by atoms with Crippen LogP contribution in [0.15, 0.2) is 186 Å². The first-order valence-corrected chi connectivity index (χ1v) is 20.0. The summed E-state index contributed by atoms with van der Waals surface area (Å²) in [6, 6.07) is 65.2. The van der Waals surface area contributed by atoms with Crippen LogP contribution in [-0.4, -0.2) is 9.97 Å². The van der Waals surface area contributed by atoms with Gasteiger partial charge >= 0.3 is 0 Å². The first-order valence-electron chi connectivity index (χ1n) is 20.0. The molecule has 2 heterocycles. The lowest BCUT2D eigenvalue weighted by Crippen LogP contribution is -2.14. The van der Waals surface area contributed by atoms with Crippen LogP contribution in [-0.2, 0) is 5.41 Å². The van der Waals surface area contributed by atoms with Crippen LogP contribution >= 0.6 is 0 Å². The van der Waals surface area contributed by atoms with Crippen LogP contribution in [0.5, 0.6) is 0 Å². The largest absolute Gasteiger partial charge is 0.455 e. The highest BCUT2D eigenvalue weighted by atomic mass is 16.3. The van der Waals surface area contributed by atoms with Gasteiger partial charge in [-0.2, -0.15) is 0 Å². The van der Waals surface area contributed by atoms with Crippen molar-refractivity contribution in [2.24, 2.45) is 0 Å². The molecule has 0 N–H and O–H groups in total. The third kappa shape index (κ3) is 4.80. The molecular weight excluding hydrogens is 705 g/mol. The summed E-state index contributed by atoms with van der Waals surface area (Å²) in [7, 11) is 0. The van der Waals surface area contributed by atoms with Crippen LogP contribution in [0.25, 0.3) is 110 Å². The molecule has 2 aromatic heterocycles. The Morgan fingerprint density at radius 1 is 0.414 bits per heavy atom. The molecule has 0 fully saturated rings. The number of hydrogen-bond donors (Lipinski definition) is 0. The minimum Gasteiger partial charge on any atom is -0.455 e. The van der Waals surface area contributed by atoms with E-state index < -0.39 is 0 Å². The molecule has 1 aliphatic rings. The van der Waals surface area contributed by atoms with E-state index in [1.54, 1.807) is 0 Å². The van der Waals surface area contributed by atoms with Crippen LogP contribution in [0, 0.1) is 0 Å². The van der Waals surface area contributed by atoms with E-state index in [1.807, 2.05) is 18.2 Å². The number of furan rings is 1. The van der Waals surface area contributed by atoms with E-state index >= 15 is 0 Å². The summed E-state index contributed by atoms with van der Waals surface area (Å²) in [5.41, 5.74) is 14.3. The van der Waals surface area contributed by atoms with E-state index in [0.29, 0.717) is 5.82 Å². The Morgan fingerprint density at radius 2 is 1.05 bits per heavy atom. The summed E-state index contributed by atoms with van der Waals surface area (Å²) in [6.45, 7) is 4.73. The van der Waals surface area contributed by atoms with Crippen molar-refractivity contribution in [3.05, 3.63) is 193 Å². The zero-order valence-electron chi connectivity index (χ0n) is 32.1. The van der Waals surface area contributed by atoms with E-state index in [0.717, 1.165) is 66.2 Å². The average Bonchev–Trinajstić information content (AvgIpc) is 3.77. The second kappa shape index (κ2) is 12.3. The van der Waals surface area contributed by atoms with Gasteiger partial charge in [0.15, 0.2) is 5.82 Å². The highest BCUT2D eigenvalue weighted by molar-refractivity contribution is 6.19. The third-order valence-corrected chi connectivity index (χ3v) is 12.5. The van der Waals surface area contributed by atoms with E-state index in [4.69, 9.17) is 14.4 Å². The average molecular weight is 741 g/mol. The Hall–Kier alpha value is -7.36. The van der Waals surface area contributed by atoms with Crippen LogP contribution in [0.3, 0.4) is 0 Å². The second-order valence-electron chi connectivity index (χ2n) is 16.1. The molecule has 3 nitrogen and oxygen atoms in total. The predicted molar refractivity (Wildman–Crippen MR) is 241 cm³/mol. The maximum Gasteiger partial charge on any atom is 0.160 e. The van der Waals surface area contributed by atoms with Crippen LogP contribution < -0.4 is 0 Å². The topological polar surface area (TPSA) is 38.9 Å². The molecule has 12 rings (SSSR count). The van der Waals surface area contributed by atoms with Gasteiger partial charge in [-0.1, -0.05) is 166 Å². The van der Waals surface area contributed by atoms with E-state index in [9.17, 15) is 0 Å². The summed E-state index contributed by atoms with van der Waals surface area (Å²) < 4.78 is 6.61. The number of fused-ring (bicyclic) bond motifs is 10. The molecule has 3 heteroatoms. The second-order valence-corrected chi connectivity index (χ2v) is 16.1. The lowest BCUT2D eigenvalue weighted by molar-refractivity contribution is 0.661. The molecule has 272 valence electrons. The van der Waals surface area contributed by atoms with Gasteiger partial charge in [-0.3, -0.25) is 0 Å². The van der Waals surface area contributed by atoms with Crippen molar-refractivity contribution in [1.29, 1.82) is 0 Å². The summed E-state index contributed by atoms with van der Waals surface area (Å²) in [5, 5.41) is 9.28. The number of nitrogens with zero attached hydrogens (tertiary/aromatic N) is 2. The fourth-order valence-corrected chi connectivity index (χ4v) is 9.66. The van der Waals surface area contributed by atoms with Gasteiger partial charge in [-0.15, -0.1) is 0 Å². The first kappa shape index (κ1) is 32.8. The molecular formula is C55H36N2O. The van der Waals surface area contributed by atoms with Crippen molar-refractivity contribution in [2.45, 2.75) is 19.3 Å². The fourth-order valence-electron chi connectivity index (χ4n) is 9.66. The molecule has 0 aliphatic heterocycles. The summed E-state index contributed by atoms with van der Waals surface area (Å²) in [4.78, 5) is 10.6. The van der Waals surface area contributed by atoms with Crippen molar-refractivity contribution in [1.82, 2.24) is 9.97 Å². The Morgan fingerprint density at radius 3 is 1.86 bits per heavy atom. The Bertz CT molecular complexity index is 3480. The molecule has 58 heavy (non-hydrogen) atoms. The summed E-state index contributed by atoms with van der Waals surface area (Å²) >= 11 is 0. The maximum absolute atomic E-state index is 6.61. The van der Waals surface area contributed by atoms with Crippen molar-refractivity contribution >= 4 is 54.3 Å². The fraction of sp³-hybridized carbons (Fsp3) is 0.0545. The highest BCUT2D eigenvalue weighted by Crippen LogP contribution is 2.54. The number of aromatic nitrogens is 2. The molecule has 11 aromatic rings. The minimum atomic E-state index is -0.123. The van der Waals surface area contributed by atoms with Crippen molar-refractivity contribution in [2.75, 3.05) is 0 Å². The van der Waals surface area contributed by atoms with Crippen molar-refractivity contribution < 1.29 is 4.42 Å². The van der Waals surface area contributed by atoms with Crippen LogP contribution in [0.4, 0.5) is 0 Å². The molecule has 0 unspecified atom stereocenters. The van der Waals surface area contributed by atoms with Crippen LogP contribution in [0.1, 0.15) is 25.0 Å². The first-order chi connectivity index (χ1) is 28.5. The lowest BCUT2D eigenvalue weighted by atomic mass is 9.81. The smallest absolute Gasteiger partial charge is 0.160 e. The van der Waals surface area contributed by atoms with Gasteiger partial charge in [-0.05, 0) is 90.6 Å². The van der Waals surface area contributed by atoms with Gasteiger partial charge in [-0.25, -0.2) is 9.97 Å². The highest BCUT2D eigenvalue weighted by Gasteiger charge is 2.37. The van der Waals surface area contributed by atoms with Crippen molar-refractivity contribution in [3.8, 4) is 56.2 Å². The van der Waals surface area contributed by atoms with Gasteiger partial charge in [0.1, 0.15) is 11.2 Å². The molecule has 9 aromatic carbocycles. The lowest BCUT2D eigenvalue weighted by Gasteiger charge is -2.22. The number of benzene rings is 9. The zero-order valence-corrected chi connectivity index (χ0v) is 32.1. The van der Waals surface area contributed by atoms with E-state index in [2.05, 4.69) is 178 Å². The molecule has 0 saturated heterocycles. The molecule has 0 bridgehead atoms. The van der Waals surface area contributed by atoms with Crippen LogP contribution in [0.2, 0.25) is 0 Å². The normalized spacial score (nSPS) is 13.1. The van der Waals surface area contributed by atoms with Gasteiger partial charge < -0.3 is 4.42 Å². The Kier molecular flexibility index (Phi) is 6.98. The quantitative estimate of drug-likeness (QED) is 0.180. The SMILES string of the molecule is CC1(C)c2cc3ccccc3cc2-c2c(-c3ccc(-c4cc(-c5cccc6oc7c8ccccc8ccc7c56)nc(-c5ccccc5)n4)c4ccccc34)cccc21. The van der Waals surface area contributed by atoms with E-state index in [1.165, 1.54) is 49.5 Å². The zero-order chi connectivity index (χ0) is 38.5. The molecule has 0 radical (unpaired) electrons. The molecule has 0 atom stereocenters.